The van der Waals surface area contributed by atoms with Crippen molar-refractivity contribution in [1.29, 1.82) is 0 Å². The Hall–Kier alpha value is -3.56. The standard InChI is InChI=1S/C21H25N5O5/c1-21(2)10-13-6-5-7-14(17(13)31-21)30-9-8-22-15(27)11-26-19(28)16-18(23-12-24(16)3)25(4)20(26)29/h5-7,12H,8-11H2,1-4H3,(H,22,27). The van der Waals surface area contributed by atoms with Gasteiger partial charge in [-0.1, -0.05) is 12.1 Å². The van der Waals surface area contributed by atoms with E-state index in [1.165, 1.54) is 22.5 Å². The molecule has 0 unspecified atom stereocenters. The molecule has 31 heavy (non-hydrogen) atoms. The van der Waals surface area contributed by atoms with E-state index in [9.17, 15) is 14.4 Å². The van der Waals surface area contributed by atoms with Gasteiger partial charge in [0, 0.05) is 26.1 Å². The molecule has 0 spiro atoms. The molecule has 0 aliphatic carbocycles. The van der Waals surface area contributed by atoms with Crippen LogP contribution >= 0.6 is 0 Å². The Bertz CT molecular complexity index is 1280. The van der Waals surface area contributed by atoms with Gasteiger partial charge in [0.1, 0.15) is 18.8 Å². The number of ether oxygens (including phenoxy) is 2. The number of hydrogen-bond acceptors (Lipinski definition) is 6. The molecule has 10 nitrogen and oxygen atoms in total. The van der Waals surface area contributed by atoms with E-state index in [-0.39, 0.29) is 36.5 Å². The van der Waals surface area contributed by atoms with E-state index in [2.05, 4.69) is 10.3 Å². The van der Waals surface area contributed by atoms with E-state index in [0.717, 1.165) is 22.3 Å². The lowest BCUT2D eigenvalue weighted by Crippen LogP contribution is -2.44. The number of hydrogen-bond donors (Lipinski definition) is 1. The van der Waals surface area contributed by atoms with Gasteiger partial charge in [0.25, 0.3) is 5.56 Å². The van der Waals surface area contributed by atoms with Gasteiger partial charge in [0.2, 0.25) is 5.91 Å². The van der Waals surface area contributed by atoms with Gasteiger partial charge in [-0.25, -0.2) is 14.3 Å². The molecule has 3 heterocycles. The number of carbonyl (C=O) groups is 1. The van der Waals surface area contributed by atoms with Crippen molar-refractivity contribution in [2.24, 2.45) is 14.1 Å². The Morgan fingerprint density at radius 3 is 2.84 bits per heavy atom. The summed E-state index contributed by atoms with van der Waals surface area (Å²) in [7, 11) is 3.18. The molecule has 3 aromatic rings. The molecule has 1 amide bonds. The van der Waals surface area contributed by atoms with E-state index in [1.807, 2.05) is 32.0 Å². The van der Waals surface area contributed by atoms with Gasteiger partial charge in [0.05, 0.1) is 12.9 Å². The lowest BCUT2D eigenvalue weighted by molar-refractivity contribution is -0.121. The van der Waals surface area contributed by atoms with Crippen molar-refractivity contribution in [2.75, 3.05) is 13.2 Å². The number of aryl methyl sites for hydroxylation is 2. The second-order valence-electron chi connectivity index (χ2n) is 8.24. The number of nitrogens with zero attached hydrogens (tertiary/aromatic N) is 4. The van der Waals surface area contributed by atoms with Crippen LogP contribution < -0.4 is 26.0 Å². The first-order chi connectivity index (χ1) is 14.7. The summed E-state index contributed by atoms with van der Waals surface area (Å²) < 4.78 is 15.4. The number of amides is 1. The third-order valence-corrected chi connectivity index (χ3v) is 5.24. The number of imidazole rings is 1. The summed E-state index contributed by atoms with van der Waals surface area (Å²) in [5.74, 6) is 0.905. The molecule has 1 N–H and O–H groups in total. The molecule has 0 atom stereocenters. The van der Waals surface area contributed by atoms with Gasteiger partial charge < -0.3 is 19.4 Å². The average Bonchev–Trinajstić information content (AvgIpc) is 3.25. The molecule has 1 aliphatic heterocycles. The van der Waals surface area contributed by atoms with Gasteiger partial charge in [-0.2, -0.15) is 0 Å². The van der Waals surface area contributed by atoms with Gasteiger partial charge in [-0.3, -0.25) is 14.2 Å². The monoisotopic (exact) mass is 427 g/mol. The summed E-state index contributed by atoms with van der Waals surface area (Å²) in [6.45, 7) is 4.09. The molecule has 2 aromatic heterocycles. The molecule has 1 aromatic carbocycles. The van der Waals surface area contributed by atoms with Crippen LogP contribution in [0.3, 0.4) is 0 Å². The molecule has 10 heteroatoms. The predicted molar refractivity (Wildman–Crippen MR) is 114 cm³/mol. The Kier molecular flexibility index (Phi) is 5.08. The van der Waals surface area contributed by atoms with Crippen LogP contribution in [0.1, 0.15) is 19.4 Å². The van der Waals surface area contributed by atoms with Gasteiger partial charge >= 0.3 is 5.69 Å². The summed E-state index contributed by atoms with van der Waals surface area (Å²) in [6, 6.07) is 5.75. The van der Waals surface area contributed by atoms with Crippen molar-refractivity contribution >= 4 is 17.1 Å². The van der Waals surface area contributed by atoms with Crippen LogP contribution in [0.2, 0.25) is 0 Å². The number of benzene rings is 1. The van der Waals surface area contributed by atoms with Crippen molar-refractivity contribution in [3.8, 4) is 11.5 Å². The van der Waals surface area contributed by atoms with Crippen LogP contribution in [0.4, 0.5) is 0 Å². The number of nitrogens with one attached hydrogen (secondary N) is 1. The summed E-state index contributed by atoms with van der Waals surface area (Å²) in [5, 5.41) is 2.68. The highest BCUT2D eigenvalue weighted by molar-refractivity contribution is 5.76. The van der Waals surface area contributed by atoms with Crippen molar-refractivity contribution in [3.63, 3.8) is 0 Å². The second kappa shape index (κ2) is 7.60. The van der Waals surface area contributed by atoms with Crippen molar-refractivity contribution in [2.45, 2.75) is 32.4 Å². The Morgan fingerprint density at radius 1 is 1.29 bits per heavy atom. The first-order valence-corrected chi connectivity index (χ1v) is 9.99. The maximum atomic E-state index is 12.7. The normalized spacial score (nSPS) is 14.3. The maximum Gasteiger partial charge on any atom is 0.332 e. The van der Waals surface area contributed by atoms with Gasteiger partial charge in [0.15, 0.2) is 22.7 Å². The third-order valence-electron chi connectivity index (χ3n) is 5.24. The lowest BCUT2D eigenvalue weighted by atomic mass is 10.0. The highest BCUT2D eigenvalue weighted by Gasteiger charge is 2.32. The van der Waals surface area contributed by atoms with E-state index in [4.69, 9.17) is 9.47 Å². The maximum absolute atomic E-state index is 12.7. The van der Waals surface area contributed by atoms with Crippen LogP contribution in [0.25, 0.3) is 11.2 Å². The SMILES string of the molecule is Cn1cnc2c1c(=O)n(CC(=O)NCCOc1cccc3c1OC(C)(C)C3)c(=O)n2C. The highest BCUT2D eigenvalue weighted by Crippen LogP contribution is 2.41. The largest absolute Gasteiger partial charge is 0.488 e. The Morgan fingerprint density at radius 2 is 2.06 bits per heavy atom. The Labute approximate surface area is 178 Å². The van der Waals surface area contributed by atoms with Crippen LogP contribution in [0, 0.1) is 0 Å². The highest BCUT2D eigenvalue weighted by atomic mass is 16.5. The first kappa shape index (κ1) is 20.7. The minimum atomic E-state index is -0.595. The summed E-state index contributed by atoms with van der Waals surface area (Å²) in [4.78, 5) is 41.6. The molecule has 0 saturated carbocycles. The molecule has 1 aliphatic rings. The molecule has 0 radical (unpaired) electrons. The molecule has 0 fully saturated rings. The van der Waals surface area contributed by atoms with E-state index >= 15 is 0 Å². The second-order valence-corrected chi connectivity index (χ2v) is 8.24. The number of carbonyl (C=O) groups excluding carboxylic acids is 1. The van der Waals surface area contributed by atoms with Crippen molar-refractivity contribution in [1.82, 2.24) is 24.0 Å². The van der Waals surface area contributed by atoms with Crippen LogP contribution in [0.5, 0.6) is 11.5 Å². The topological polar surface area (TPSA) is 109 Å². The quantitative estimate of drug-likeness (QED) is 0.569. The first-order valence-electron chi connectivity index (χ1n) is 9.99. The number of fused-ring (bicyclic) bond motifs is 2. The number of para-hydroxylation sites is 1. The zero-order chi connectivity index (χ0) is 22.3. The summed E-state index contributed by atoms with van der Waals surface area (Å²) >= 11 is 0. The molecular formula is C21H25N5O5. The van der Waals surface area contributed by atoms with Crippen molar-refractivity contribution < 1.29 is 14.3 Å². The summed E-state index contributed by atoms with van der Waals surface area (Å²) in [5.41, 5.74) is 0.214. The average molecular weight is 427 g/mol. The molecule has 4 rings (SSSR count). The van der Waals surface area contributed by atoms with E-state index in [1.54, 1.807) is 7.05 Å². The third kappa shape index (κ3) is 3.80. The molecular weight excluding hydrogens is 402 g/mol. The van der Waals surface area contributed by atoms with Crippen LogP contribution in [0.15, 0.2) is 34.1 Å². The minimum Gasteiger partial charge on any atom is -0.488 e. The Balaban J connectivity index is 1.39. The fourth-order valence-corrected chi connectivity index (χ4v) is 3.79. The van der Waals surface area contributed by atoms with E-state index in [0.29, 0.717) is 5.75 Å². The smallest absolute Gasteiger partial charge is 0.332 e. The van der Waals surface area contributed by atoms with Crippen LogP contribution in [-0.2, 0) is 31.9 Å². The molecule has 0 saturated heterocycles. The zero-order valence-corrected chi connectivity index (χ0v) is 18.0. The number of aromatic nitrogens is 4. The minimum absolute atomic E-state index is 0.217. The summed E-state index contributed by atoms with van der Waals surface area (Å²) in [6.07, 6.45) is 2.26. The van der Waals surface area contributed by atoms with E-state index < -0.39 is 17.2 Å². The molecule has 0 bridgehead atoms. The van der Waals surface area contributed by atoms with Gasteiger partial charge in [-0.15, -0.1) is 0 Å². The predicted octanol–water partition coefficient (Wildman–Crippen LogP) is 0.342. The van der Waals surface area contributed by atoms with Gasteiger partial charge in [-0.05, 0) is 19.9 Å². The molecule has 164 valence electrons. The van der Waals surface area contributed by atoms with Crippen LogP contribution in [-0.4, -0.2) is 43.3 Å². The fourth-order valence-electron chi connectivity index (χ4n) is 3.79. The lowest BCUT2D eigenvalue weighted by Gasteiger charge is -2.18. The fraction of sp³-hybridized carbons (Fsp3) is 0.429. The van der Waals surface area contributed by atoms with Crippen molar-refractivity contribution in [3.05, 3.63) is 50.9 Å². The number of rotatable bonds is 6. The zero-order valence-electron chi connectivity index (χ0n) is 18.0.